The van der Waals surface area contributed by atoms with E-state index in [1.807, 2.05) is 24.3 Å². The molecule has 4 nitrogen and oxygen atoms in total. The Balaban J connectivity index is 1.48. The molecule has 170 valence electrons. The number of aromatic nitrogens is 2. The number of benzene rings is 2. The molecule has 0 atom stereocenters. The van der Waals surface area contributed by atoms with Gasteiger partial charge >= 0.3 is 5.97 Å². The van der Waals surface area contributed by atoms with Crippen molar-refractivity contribution in [3.8, 4) is 0 Å². The topological polar surface area (TPSA) is 63.1 Å². The Morgan fingerprint density at radius 1 is 0.781 bits per heavy atom. The molecule has 4 heteroatoms. The van der Waals surface area contributed by atoms with Gasteiger partial charge in [0.15, 0.2) is 0 Å². The first-order valence-corrected chi connectivity index (χ1v) is 12.3. The smallest absolute Gasteiger partial charge is 0.337 e. The molecule has 0 spiro atoms. The van der Waals surface area contributed by atoms with E-state index < -0.39 is 5.97 Å². The average Bonchev–Trinajstić information content (AvgIpc) is 2.80. The van der Waals surface area contributed by atoms with Crippen LogP contribution in [0.5, 0.6) is 0 Å². The number of rotatable bonds is 14. The van der Waals surface area contributed by atoms with E-state index in [2.05, 4.69) is 29.0 Å². The van der Waals surface area contributed by atoms with Crippen molar-refractivity contribution in [1.29, 1.82) is 0 Å². The van der Waals surface area contributed by atoms with Gasteiger partial charge in [0, 0.05) is 5.56 Å². The quantitative estimate of drug-likeness (QED) is 0.206. The third kappa shape index (κ3) is 6.88. The molecule has 0 amide bonds. The predicted octanol–water partition coefficient (Wildman–Crippen LogP) is 8.20. The molecule has 1 heterocycles. The molecule has 0 aliphatic carbocycles. The zero-order chi connectivity index (χ0) is 22.6. The Hall–Kier alpha value is -2.75. The highest BCUT2D eigenvalue weighted by Crippen LogP contribution is 2.23. The molecule has 2 aromatic carbocycles. The van der Waals surface area contributed by atoms with E-state index in [9.17, 15) is 9.90 Å². The maximum absolute atomic E-state index is 11.6. The normalized spacial score (nSPS) is 11.7. The summed E-state index contributed by atoms with van der Waals surface area (Å²) in [5, 5.41) is 9.48. The fraction of sp³-hybridized carbons (Fsp3) is 0.464. The van der Waals surface area contributed by atoms with Crippen molar-refractivity contribution in [3.63, 3.8) is 0 Å². The summed E-state index contributed by atoms with van der Waals surface area (Å²) < 4.78 is 0. The first-order valence-electron chi connectivity index (χ1n) is 12.3. The second-order valence-electron chi connectivity index (χ2n) is 8.64. The molecular weight excluding hydrogens is 396 g/mol. The van der Waals surface area contributed by atoms with E-state index in [1.165, 1.54) is 70.6 Å². The van der Waals surface area contributed by atoms with Crippen LogP contribution in [0.3, 0.4) is 0 Å². The van der Waals surface area contributed by atoms with Crippen LogP contribution >= 0.6 is 0 Å². The van der Waals surface area contributed by atoms with Crippen molar-refractivity contribution >= 4 is 34.1 Å². The highest BCUT2D eigenvalue weighted by molar-refractivity contribution is 6.03. The van der Waals surface area contributed by atoms with Crippen molar-refractivity contribution in [1.82, 2.24) is 9.97 Å². The maximum atomic E-state index is 11.6. The summed E-state index contributed by atoms with van der Waals surface area (Å²) in [5.41, 5.74) is 3.77. The van der Waals surface area contributed by atoms with Crippen LogP contribution in [-0.4, -0.2) is 21.0 Å². The van der Waals surface area contributed by atoms with Crippen molar-refractivity contribution in [2.45, 2.75) is 84.0 Å². The Morgan fingerprint density at radius 2 is 1.38 bits per heavy atom. The molecule has 32 heavy (non-hydrogen) atoms. The molecule has 0 aliphatic rings. The van der Waals surface area contributed by atoms with Crippen molar-refractivity contribution in [2.24, 2.45) is 0 Å². The number of fused-ring (bicyclic) bond motifs is 2. The Morgan fingerprint density at radius 3 is 2.03 bits per heavy atom. The summed E-state index contributed by atoms with van der Waals surface area (Å²) in [5.74, 6) is -0.978. The minimum absolute atomic E-state index is 0.191. The number of nitrogens with zero attached hydrogens (tertiary/aromatic N) is 2. The van der Waals surface area contributed by atoms with Gasteiger partial charge in [0.2, 0.25) is 0 Å². The Labute approximate surface area is 191 Å². The van der Waals surface area contributed by atoms with Crippen LogP contribution in [0.2, 0.25) is 0 Å². The summed E-state index contributed by atoms with van der Waals surface area (Å²) in [6.45, 7) is 2.27. The molecule has 0 unspecified atom stereocenters. The standard InChI is InChI=1S/C28H36N2O2/c1-2-3-4-5-6-7-8-9-10-11-12-13-14-17-22-18-15-20-24-26(22)30-27-23(28(31)32)19-16-21-25(27)29-24/h14-21H,2-13H2,1H3,(H,31,32). The third-order valence-corrected chi connectivity index (χ3v) is 6.03. The van der Waals surface area contributed by atoms with Crippen LogP contribution in [0.25, 0.3) is 28.1 Å². The summed E-state index contributed by atoms with van der Waals surface area (Å²) in [6, 6.07) is 11.0. The van der Waals surface area contributed by atoms with Crippen molar-refractivity contribution in [3.05, 3.63) is 53.6 Å². The van der Waals surface area contributed by atoms with Gasteiger partial charge in [0.05, 0.1) is 22.1 Å². The van der Waals surface area contributed by atoms with Gasteiger partial charge in [-0.25, -0.2) is 14.8 Å². The lowest BCUT2D eigenvalue weighted by Crippen LogP contribution is -2.00. The van der Waals surface area contributed by atoms with Crippen LogP contribution in [0.4, 0.5) is 0 Å². The number of aromatic carboxylic acids is 1. The Kier molecular flexibility index (Phi) is 9.67. The second kappa shape index (κ2) is 12.9. The summed E-state index contributed by atoms with van der Waals surface area (Å²) in [4.78, 5) is 20.9. The molecule has 1 N–H and O–H groups in total. The van der Waals surface area contributed by atoms with Crippen LogP contribution in [-0.2, 0) is 0 Å². The van der Waals surface area contributed by atoms with Gasteiger partial charge in [-0.3, -0.25) is 0 Å². The predicted molar refractivity (Wildman–Crippen MR) is 134 cm³/mol. The van der Waals surface area contributed by atoms with E-state index in [0.717, 1.165) is 23.0 Å². The first kappa shape index (κ1) is 23.9. The number of para-hydroxylation sites is 2. The monoisotopic (exact) mass is 432 g/mol. The lowest BCUT2D eigenvalue weighted by molar-refractivity contribution is 0.0699. The van der Waals surface area contributed by atoms with Gasteiger partial charge < -0.3 is 5.11 Å². The fourth-order valence-electron chi connectivity index (χ4n) is 4.19. The molecular formula is C28H36N2O2. The van der Waals surface area contributed by atoms with E-state index in [0.29, 0.717) is 11.0 Å². The van der Waals surface area contributed by atoms with Gasteiger partial charge in [-0.05, 0) is 31.0 Å². The number of hydrogen-bond donors (Lipinski definition) is 1. The summed E-state index contributed by atoms with van der Waals surface area (Å²) in [6.07, 6.45) is 20.2. The largest absolute Gasteiger partial charge is 0.478 e. The van der Waals surface area contributed by atoms with Crippen molar-refractivity contribution < 1.29 is 9.90 Å². The zero-order valence-corrected chi connectivity index (χ0v) is 19.4. The number of hydrogen-bond acceptors (Lipinski definition) is 3. The van der Waals surface area contributed by atoms with E-state index in [1.54, 1.807) is 12.1 Å². The molecule has 0 saturated heterocycles. The van der Waals surface area contributed by atoms with E-state index in [-0.39, 0.29) is 5.56 Å². The van der Waals surface area contributed by atoms with Crippen LogP contribution in [0.15, 0.2) is 42.5 Å². The molecule has 3 rings (SSSR count). The highest BCUT2D eigenvalue weighted by Gasteiger charge is 2.12. The lowest BCUT2D eigenvalue weighted by Gasteiger charge is -2.06. The molecule has 0 fully saturated rings. The SMILES string of the molecule is CCCCCCCCCCCCCC=Cc1cccc2nc3cccc(C(=O)O)c3nc12. The average molecular weight is 433 g/mol. The zero-order valence-electron chi connectivity index (χ0n) is 19.4. The number of carboxylic acids is 1. The number of carboxylic acid groups (broad SMARTS) is 1. The molecule has 0 saturated carbocycles. The Bertz CT molecular complexity index is 1040. The van der Waals surface area contributed by atoms with Gasteiger partial charge in [-0.15, -0.1) is 0 Å². The van der Waals surface area contributed by atoms with Crippen LogP contribution in [0, 0.1) is 0 Å². The molecule has 0 radical (unpaired) electrons. The molecule has 1 aromatic heterocycles. The third-order valence-electron chi connectivity index (χ3n) is 6.03. The van der Waals surface area contributed by atoms with Crippen LogP contribution in [0.1, 0.15) is 99.9 Å². The summed E-state index contributed by atoms with van der Waals surface area (Å²) >= 11 is 0. The molecule has 0 bridgehead atoms. The van der Waals surface area contributed by atoms with Crippen molar-refractivity contribution in [2.75, 3.05) is 0 Å². The highest BCUT2D eigenvalue weighted by atomic mass is 16.4. The number of unbranched alkanes of at least 4 members (excludes halogenated alkanes) is 11. The lowest BCUT2D eigenvalue weighted by atomic mass is 10.0. The first-order chi connectivity index (χ1) is 15.7. The minimum Gasteiger partial charge on any atom is -0.478 e. The van der Waals surface area contributed by atoms with E-state index in [4.69, 9.17) is 0 Å². The van der Waals surface area contributed by atoms with Gasteiger partial charge in [-0.1, -0.05) is 101 Å². The van der Waals surface area contributed by atoms with Gasteiger partial charge in [0.1, 0.15) is 5.52 Å². The number of allylic oxidation sites excluding steroid dienone is 1. The van der Waals surface area contributed by atoms with Crippen LogP contribution < -0.4 is 0 Å². The van der Waals surface area contributed by atoms with E-state index >= 15 is 0 Å². The molecule has 0 aliphatic heterocycles. The summed E-state index contributed by atoms with van der Waals surface area (Å²) in [7, 11) is 0. The fourth-order valence-corrected chi connectivity index (χ4v) is 4.19. The molecule has 3 aromatic rings. The maximum Gasteiger partial charge on any atom is 0.337 e. The van der Waals surface area contributed by atoms with Gasteiger partial charge in [-0.2, -0.15) is 0 Å². The van der Waals surface area contributed by atoms with Gasteiger partial charge in [0.25, 0.3) is 0 Å². The second-order valence-corrected chi connectivity index (χ2v) is 8.64. The minimum atomic E-state index is -0.978. The number of carbonyl (C=O) groups is 1.